The smallest absolute Gasteiger partial charge is 0.433 e. The van der Waals surface area contributed by atoms with Crippen LogP contribution >= 0.6 is 11.6 Å². The van der Waals surface area contributed by atoms with E-state index in [1.54, 1.807) is 0 Å². The SMILES string of the molecule is [O-][n+]1cccc(C(O)(c2cccc(Cl)c2)c2ccc3nc(C(F)(F)F)c(-c4ccccc4)c(C(F)(F)F)c3c2)c1. The van der Waals surface area contributed by atoms with E-state index in [1.807, 2.05) is 0 Å². The second-order valence-electron chi connectivity index (χ2n) is 8.98. The van der Waals surface area contributed by atoms with E-state index in [2.05, 4.69) is 4.98 Å². The number of benzene rings is 3. The highest BCUT2D eigenvalue weighted by molar-refractivity contribution is 6.30. The van der Waals surface area contributed by atoms with Gasteiger partial charge in [-0.2, -0.15) is 31.1 Å². The van der Waals surface area contributed by atoms with Crippen molar-refractivity contribution in [3.05, 3.63) is 136 Å². The average molecular weight is 575 g/mol. The van der Waals surface area contributed by atoms with E-state index in [-0.39, 0.29) is 27.3 Å². The summed E-state index contributed by atoms with van der Waals surface area (Å²) in [5.41, 5.74) is -7.56. The van der Waals surface area contributed by atoms with Crippen molar-refractivity contribution in [3.8, 4) is 11.1 Å². The minimum Gasteiger partial charge on any atom is -0.619 e. The first-order valence-electron chi connectivity index (χ1n) is 11.7. The van der Waals surface area contributed by atoms with Crippen molar-refractivity contribution in [1.82, 2.24) is 4.98 Å². The summed E-state index contributed by atoms with van der Waals surface area (Å²) in [6.07, 6.45) is -8.26. The molecule has 0 saturated carbocycles. The summed E-state index contributed by atoms with van der Waals surface area (Å²) in [5.74, 6) is 0. The van der Waals surface area contributed by atoms with Crippen LogP contribution in [0.2, 0.25) is 5.02 Å². The first-order chi connectivity index (χ1) is 18.8. The third-order valence-corrected chi connectivity index (χ3v) is 6.69. The molecule has 2 aromatic heterocycles. The molecule has 204 valence electrons. The van der Waals surface area contributed by atoms with Crippen molar-refractivity contribution in [2.45, 2.75) is 18.0 Å². The number of aliphatic hydroxyl groups is 1. The molecule has 0 amide bonds. The van der Waals surface area contributed by atoms with Crippen molar-refractivity contribution >= 4 is 22.5 Å². The molecular formula is C29H17ClF6N2O2. The van der Waals surface area contributed by atoms with Gasteiger partial charge in [-0.25, -0.2) is 4.98 Å². The Kier molecular flexibility index (Phi) is 6.71. The molecule has 1 atom stereocenters. The number of hydrogen-bond donors (Lipinski definition) is 1. The van der Waals surface area contributed by atoms with E-state index in [9.17, 15) is 36.7 Å². The number of alkyl halides is 6. The van der Waals surface area contributed by atoms with Gasteiger partial charge in [0.25, 0.3) is 0 Å². The standard InChI is InChI=1S/C29H17ClF6N2O2/c30-21-10-4-8-18(14-21)27(39,20-9-5-13-38(40)16-20)19-11-12-23-22(15-19)25(28(31,32)33)24(17-6-2-1-3-7-17)26(37-23)29(34,35)36/h1-16,39H. The highest BCUT2D eigenvalue weighted by Crippen LogP contribution is 2.48. The number of fused-ring (bicyclic) bond motifs is 1. The molecular weight excluding hydrogens is 558 g/mol. The molecule has 1 unspecified atom stereocenters. The van der Waals surface area contributed by atoms with Crippen LogP contribution in [0.4, 0.5) is 26.3 Å². The summed E-state index contributed by atoms with van der Waals surface area (Å²) in [6.45, 7) is 0. The Labute approximate surface area is 228 Å². The van der Waals surface area contributed by atoms with Gasteiger partial charge >= 0.3 is 12.4 Å². The monoisotopic (exact) mass is 574 g/mol. The third-order valence-electron chi connectivity index (χ3n) is 6.45. The number of hydrogen-bond acceptors (Lipinski definition) is 3. The molecule has 4 nitrogen and oxygen atoms in total. The highest BCUT2D eigenvalue weighted by Gasteiger charge is 2.45. The quantitative estimate of drug-likeness (QED) is 0.137. The van der Waals surface area contributed by atoms with Crippen molar-refractivity contribution in [2.75, 3.05) is 0 Å². The summed E-state index contributed by atoms with van der Waals surface area (Å²) in [6, 6.07) is 18.1. The average Bonchev–Trinajstić information content (AvgIpc) is 2.90. The Morgan fingerprint density at radius 1 is 0.750 bits per heavy atom. The molecule has 11 heteroatoms. The van der Waals surface area contributed by atoms with Crippen molar-refractivity contribution < 1.29 is 36.2 Å². The van der Waals surface area contributed by atoms with Crippen LogP contribution < -0.4 is 4.73 Å². The Morgan fingerprint density at radius 2 is 1.43 bits per heavy atom. The molecule has 0 aliphatic carbocycles. The minimum atomic E-state index is -5.25. The van der Waals surface area contributed by atoms with Gasteiger partial charge in [0.15, 0.2) is 18.1 Å². The van der Waals surface area contributed by atoms with Gasteiger partial charge in [-0.1, -0.05) is 60.1 Å². The lowest BCUT2D eigenvalue weighted by molar-refractivity contribution is -0.606. The molecule has 2 heterocycles. The highest BCUT2D eigenvalue weighted by atomic mass is 35.5. The predicted molar refractivity (Wildman–Crippen MR) is 136 cm³/mol. The second kappa shape index (κ2) is 9.79. The zero-order valence-corrected chi connectivity index (χ0v) is 20.9. The van der Waals surface area contributed by atoms with Crippen LogP contribution in [0.5, 0.6) is 0 Å². The maximum Gasteiger partial charge on any atom is 0.433 e. The van der Waals surface area contributed by atoms with Crippen molar-refractivity contribution in [1.29, 1.82) is 0 Å². The summed E-state index contributed by atoms with van der Waals surface area (Å²) in [4.78, 5) is 3.61. The molecule has 5 aromatic rings. The topological polar surface area (TPSA) is 60.1 Å². The van der Waals surface area contributed by atoms with Gasteiger partial charge in [0, 0.05) is 22.0 Å². The molecule has 40 heavy (non-hydrogen) atoms. The maximum atomic E-state index is 14.7. The zero-order chi connectivity index (χ0) is 28.9. The Hall–Kier alpha value is -4.15. The number of halogens is 7. The summed E-state index contributed by atoms with van der Waals surface area (Å²) in [7, 11) is 0. The Morgan fingerprint density at radius 3 is 2.05 bits per heavy atom. The lowest BCUT2D eigenvalue weighted by atomic mass is 9.80. The largest absolute Gasteiger partial charge is 0.619 e. The number of aromatic nitrogens is 2. The van der Waals surface area contributed by atoms with E-state index in [4.69, 9.17) is 11.6 Å². The van der Waals surface area contributed by atoms with Gasteiger partial charge < -0.3 is 10.3 Å². The molecule has 3 aromatic carbocycles. The van der Waals surface area contributed by atoms with E-state index >= 15 is 0 Å². The van der Waals surface area contributed by atoms with Crippen LogP contribution in [0, 0.1) is 5.21 Å². The summed E-state index contributed by atoms with van der Waals surface area (Å²) in [5, 5.41) is 23.7. The molecule has 0 aliphatic rings. The van der Waals surface area contributed by atoms with Crippen LogP contribution in [0.25, 0.3) is 22.0 Å². The van der Waals surface area contributed by atoms with E-state index in [0.717, 1.165) is 36.7 Å². The van der Waals surface area contributed by atoms with E-state index in [1.165, 1.54) is 60.7 Å². The number of pyridine rings is 2. The van der Waals surface area contributed by atoms with Gasteiger partial charge in [0.1, 0.15) is 5.60 Å². The molecule has 5 rings (SSSR count). The first-order valence-corrected chi connectivity index (χ1v) is 12.0. The van der Waals surface area contributed by atoms with Gasteiger partial charge in [-0.3, -0.25) is 0 Å². The number of rotatable bonds is 4. The molecule has 0 fully saturated rings. The van der Waals surface area contributed by atoms with E-state index < -0.39 is 45.7 Å². The molecule has 0 aliphatic heterocycles. The minimum absolute atomic E-state index is 0.0108. The van der Waals surface area contributed by atoms with Crippen LogP contribution in [0.3, 0.4) is 0 Å². The molecule has 0 radical (unpaired) electrons. The third kappa shape index (κ3) is 4.84. The van der Waals surface area contributed by atoms with Crippen LogP contribution in [-0.2, 0) is 18.0 Å². The van der Waals surface area contributed by atoms with Crippen LogP contribution in [0.15, 0.2) is 97.3 Å². The lowest BCUT2D eigenvalue weighted by Crippen LogP contribution is -2.34. The normalized spacial score (nSPS) is 13.8. The van der Waals surface area contributed by atoms with E-state index in [0.29, 0.717) is 4.73 Å². The number of nitrogens with zero attached hydrogens (tertiary/aromatic N) is 2. The van der Waals surface area contributed by atoms with Gasteiger partial charge in [-0.05, 0) is 47.0 Å². The summed E-state index contributed by atoms with van der Waals surface area (Å²) >= 11 is 6.14. The molecule has 0 spiro atoms. The first kappa shape index (κ1) is 27.4. The maximum absolute atomic E-state index is 14.7. The fourth-order valence-electron chi connectivity index (χ4n) is 4.76. The zero-order valence-electron chi connectivity index (χ0n) is 20.1. The molecule has 0 bridgehead atoms. The van der Waals surface area contributed by atoms with Crippen LogP contribution in [-0.4, -0.2) is 10.1 Å². The molecule has 0 saturated heterocycles. The predicted octanol–water partition coefficient (Wildman–Crippen LogP) is 7.51. The fraction of sp³-hybridized carbons (Fsp3) is 0.103. The van der Waals surface area contributed by atoms with Gasteiger partial charge in [-0.15, -0.1) is 0 Å². The Bertz CT molecular complexity index is 1680. The second-order valence-corrected chi connectivity index (χ2v) is 9.41. The summed E-state index contributed by atoms with van der Waals surface area (Å²) < 4.78 is 86.8. The van der Waals surface area contributed by atoms with Crippen molar-refractivity contribution in [2.24, 2.45) is 0 Å². The van der Waals surface area contributed by atoms with Crippen LogP contribution in [0.1, 0.15) is 27.9 Å². The fourth-order valence-corrected chi connectivity index (χ4v) is 4.95. The van der Waals surface area contributed by atoms with Gasteiger partial charge in [0.2, 0.25) is 0 Å². The molecule has 1 N–H and O–H groups in total. The van der Waals surface area contributed by atoms with Gasteiger partial charge in [0.05, 0.1) is 16.6 Å². The Balaban J connectivity index is 1.91. The van der Waals surface area contributed by atoms with Crippen molar-refractivity contribution in [3.63, 3.8) is 0 Å². The lowest BCUT2D eigenvalue weighted by Gasteiger charge is -2.30.